The molecule has 0 radical (unpaired) electrons. The second kappa shape index (κ2) is 21.4. The van der Waals surface area contributed by atoms with Crippen LogP contribution in [-0.2, 0) is 37.9 Å². The van der Waals surface area contributed by atoms with Crippen LogP contribution in [0.2, 0.25) is 0 Å². The van der Waals surface area contributed by atoms with Gasteiger partial charge in [-0.15, -0.1) is 45.6 Å². The zero-order valence-corrected chi connectivity index (χ0v) is 37.0. The number of aromatic nitrogens is 2. The molecule has 316 valence electrons. The largest absolute Gasteiger partial charge is 6.00 e. The molecule has 0 aliphatic carbocycles. The first kappa shape index (κ1) is 47.6. The van der Waals surface area contributed by atoms with E-state index in [9.17, 15) is 29.7 Å². The van der Waals surface area contributed by atoms with Crippen LogP contribution in [-0.4, -0.2) is 45.6 Å². The van der Waals surface area contributed by atoms with Gasteiger partial charge >= 0.3 is 29.0 Å². The van der Waals surface area contributed by atoms with E-state index in [0.29, 0.717) is 63.7 Å². The first-order chi connectivity index (χ1) is 28.1. The molecule has 5 heterocycles. The summed E-state index contributed by atoms with van der Waals surface area (Å²) in [6, 6.07) is -1.14. The summed E-state index contributed by atoms with van der Waals surface area (Å²) in [5.74, 6) is -1.95. The van der Waals surface area contributed by atoms with Gasteiger partial charge in [0.1, 0.15) is 6.29 Å². The van der Waals surface area contributed by atoms with Gasteiger partial charge in [-0.05, 0) is 111 Å². The van der Waals surface area contributed by atoms with Gasteiger partial charge in [-0.25, -0.2) is 0 Å². The van der Waals surface area contributed by atoms with Crippen LogP contribution in [0, 0.1) is 13.8 Å². The van der Waals surface area contributed by atoms with Crippen LogP contribution in [0.3, 0.4) is 0 Å². The van der Waals surface area contributed by atoms with E-state index in [1.54, 1.807) is 18.2 Å². The third-order valence-corrected chi connectivity index (χ3v) is 11.5. The molecule has 0 fully saturated rings. The maximum Gasteiger partial charge on any atom is 6.00 e. The van der Waals surface area contributed by atoms with Gasteiger partial charge < -0.3 is 35.9 Å². The molecule has 3 aliphatic rings. The number of fused-ring (bicyclic) bond motifs is 8. The number of aliphatic hydroxyl groups is 1. The van der Waals surface area contributed by atoms with E-state index in [1.165, 1.54) is 16.7 Å². The second-order valence-electron chi connectivity index (χ2n) is 16.1. The maximum absolute atomic E-state index is 12.8. The number of hydrogen-bond acceptors (Lipinski definition) is 4. The Morgan fingerprint density at radius 2 is 1.37 bits per heavy atom. The van der Waals surface area contributed by atoms with Crippen molar-refractivity contribution in [2.45, 2.75) is 131 Å². The third-order valence-electron chi connectivity index (χ3n) is 11.5. The summed E-state index contributed by atoms with van der Waals surface area (Å²) in [4.78, 5) is 46.3. The fraction of sp³-hybridized carbons (Fsp3) is 0.408. The molecule has 5 rings (SSSR count). The molecule has 0 saturated heterocycles. The number of nitrogens with zero attached hydrogens (tertiary/aromatic N) is 4. The Bertz CT molecular complexity index is 2340. The number of allylic oxidation sites excluding steroid dienone is 8. The second-order valence-corrected chi connectivity index (χ2v) is 16.1. The molecule has 3 N–H and O–H groups in total. The Morgan fingerprint density at radius 1 is 0.767 bits per heavy atom. The average molecular weight is 855 g/mol. The number of rotatable bonds is 18. The summed E-state index contributed by atoms with van der Waals surface area (Å²) in [7, 11) is 0. The van der Waals surface area contributed by atoms with Crippen LogP contribution >= 0.6 is 0 Å². The Morgan fingerprint density at radius 3 is 2.00 bits per heavy atom. The maximum atomic E-state index is 12.8. The number of carboxylic acid groups (broad SMARTS) is 2. The van der Waals surface area contributed by atoms with E-state index in [-0.39, 0.29) is 48.3 Å². The Labute approximate surface area is 365 Å². The van der Waals surface area contributed by atoms with Crippen LogP contribution < -0.4 is 20.7 Å². The zero-order chi connectivity index (χ0) is 43.0. The van der Waals surface area contributed by atoms with E-state index in [2.05, 4.69) is 52.5 Å². The van der Waals surface area contributed by atoms with Crippen molar-refractivity contribution in [3.8, 4) is 0 Å². The molecule has 3 atom stereocenters. The minimum atomic E-state index is -1.01. The number of carboxylic acids is 2. The fourth-order valence-corrected chi connectivity index (χ4v) is 8.05. The molecule has 60 heavy (non-hydrogen) atoms. The Balaban J connectivity index is 0.00000794. The van der Waals surface area contributed by atoms with Gasteiger partial charge in [0, 0.05) is 12.8 Å². The molecule has 2 aromatic heterocycles. The van der Waals surface area contributed by atoms with Gasteiger partial charge in [-0.1, -0.05) is 105 Å². The topological polar surface area (TPSA) is 168 Å². The zero-order valence-electron chi connectivity index (χ0n) is 35.9. The molecule has 8 bridgehead atoms. The summed E-state index contributed by atoms with van der Waals surface area (Å²) >= 11 is 0. The monoisotopic (exact) mass is 854 g/mol. The summed E-state index contributed by atoms with van der Waals surface area (Å²) in [6.07, 6.45) is 21.0. The van der Waals surface area contributed by atoms with Gasteiger partial charge in [0.15, 0.2) is 0 Å². The Hall–Kier alpha value is -5.09. The predicted octanol–water partition coefficient (Wildman–Crippen LogP) is 8.80. The number of aliphatic carboxylic acids is 2. The van der Waals surface area contributed by atoms with E-state index in [0.717, 1.165) is 53.5 Å². The van der Waals surface area contributed by atoms with Gasteiger partial charge in [0.25, 0.3) is 0 Å². The van der Waals surface area contributed by atoms with Crippen LogP contribution in [0.25, 0.3) is 34.9 Å². The van der Waals surface area contributed by atoms with Crippen molar-refractivity contribution in [2.75, 3.05) is 0 Å². The van der Waals surface area contributed by atoms with Crippen LogP contribution in [0.1, 0.15) is 132 Å². The summed E-state index contributed by atoms with van der Waals surface area (Å²) in [5.41, 5.74) is 11.8. The number of aliphatic hydroxyl groups excluding tert-OH is 1. The van der Waals surface area contributed by atoms with E-state index in [1.807, 2.05) is 32.9 Å². The molecular weight excluding hydrogens is 796 g/mol. The Kier molecular flexibility index (Phi) is 17.0. The standard InChI is InChI=1S/C49H58N4O6.Fe/c1-9-34-31(6)39-25-45-49(46(55)18-12-17-30(5)16-11-15-29(4)14-10-13-28(2)3)33(8)40(52-45)24-44-37(27-54)36(20-22-48(58)59)43(53-44)26-42-35(19-21-47(56)57)32(7)38(51-42)23-41(34)50-39;/h9,13,15,17,23-27,41,43,46,55H,1,10-12,14,16,18-22H2,2-8H3,(H,56,57)(H,58,59);/q-4;+6. The first-order valence-corrected chi connectivity index (χ1v) is 20.6. The van der Waals surface area contributed by atoms with Crippen molar-refractivity contribution in [1.82, 2.24) is 9.97 Å². The van der Waals surface area contributed by atoms with Crippen LogP contribution in [0.4, 0.5) is 0 Å². The van der Waals surface area contributed by atoms with Crippen molar-refractivity contribution in [1.29, 1.82) is 0 Å². The van der Waals surface area contributed by atoms with Crippen molar-refractivity contribution in [2.24, 2.45) is 0 Å². The van der Waals surface area contributed by atoms with Crippen LogP contribution in [0.15, 0.2) is 81.3 Å². The molecule has 11 heteroatoms. The molecule has 0 spiro atoms. The van der Waals surface area contributed by atoms with Crippen molar-refractivity contribution in [3.63, 3.8) is 0 Å². The average Bonchev–Trinajstić information content (AvgIpc) is 3.85. The van der Waals surface area contributed by atoms with E-state index < -0.39 is 30.1 Å². The van der Waals surface area contributed by atoms with Crippen molar-refractivity contribution < 1.29 is 46.8 Å². The fourth-order valence-electron chi connectivity index (χ4n) is 8.05. The molecule has 3 unspecified atom stereocenters. The van der Waals surface area contributed by atoms with Crippen molar-refractivity contribution >= 4 is 42.5 Å². The molecule has 0 saturated carbocycles. The molecule has 0 amide bonds. The van der Waals surface area contributed by atoms with E-state index in [4.69, 9.17) is 20.6 Å². The first-order valence-electron chi connectivity index (χ1n) is 20.6. The van der Waals surface area contributed by atoms with Gasteiger partial charge in [0.05, 0.1) is 6.10 Å². The van der Waals surface area contributed by atoms with Crippen LogP contribution in [0.5, 0.6) is 0 Å². The molecule has 0 aromatic carbocycles. The normalized spacial score (nSPS) is 18.0. The molecule has 3 aliphatic heterocycles. The SMILES string of the molecule is C=CC1=C(C)C2=Cc3[n-]c(c(C)c3C(O)CCC=C(C)CCC=C(C)CCC=C(C)C)C=C3[N-]C(C=c4[n-]c(c(C)c4CCC(=O)O)=CC1[N-]2)C(CCC(=O)O)=C3C=O.[Fe+6]. The predicted molar refractivity (Wildman–Crippen MR) is 236 cm³/mol. The number of carbonyl (C=O) groups excluding carboxylic acids is 1. The smallest absolute Gasteiger partial charge is 0.675 e. The third kappa shape index (κ3) is 11.6. The van der Waals surface area contributed by atoms with Gasteiger partial charge in [-0.2, -0.15) is 0 Å². The number of aldehydes is 1. The molecule has 2 aromatic rings. The van der Waals surface area contributed by atoms with E-state index >= 15 is 0 Å². The van der Waals surface area contributed by atoms with Gasteiger partial charge in [-0.3, -0.25) is 14.4 Å². The summed E-state index contributed by atoms with van der Waals surface area (Å²) < 4.78 is 0. The number of hydrogen-bond donors (Lipinski definition) is 3. The summed E-state index contributed by atoms with van der Waals surface area (Å²) in [6.45, 7) is 18.5. The summed E-state index contributed by atoms with van der Waals surface area (Å²) in [5, 5.41) is 42.3. The number of carbonyl (C=O) groups is 3. The van der Waals surface area contributed by atoms with Crippen molar-refractivity contribution in [3.05, 3.63) is 136 Å². The minimum Gasteiger partial charge on any atom is -0.675 e. The minimum absolute atomic E-state index is 0. The quantitative estimate of drug-likeness (QED) is 0.0760. The molecular formula is C49H58FeN4O6+2. The molecule has 10 nitrogen and oxygen atoms in total. The van der Waals surface area contributed by atoms with Gasteiger partial charge in [0.2, 0.25) is 0 Å².